The van der Waals surface area contributed by atoms with Crippen LogP contribution in [0.25, 0.3) is 11.0 Å². The number of aromatic nitrogens is 2. The Labute approximate surface area is 132 Å². The molecule has 22 heavy (non-hydrogen) atoms. The van der Waals surface area contributed by atoms with Crippen LogP contribution in [0, 0.1) is 6.92 Å². The monoisotopic (exact) mass is 296 g/mol. The first kappa shape index (κ1) is 13.9. The molecule has 0 atom stereocenters. The minimum absolute atomic E-state index is 0.839. The van der Waals surface area contributed by atoms with Crippen LogP contribution < -0.4 is 4.90 Å². The molecule has 116 valence electrons. The van der Waals surface area contributed by atoms with Crippen molar-refractivity contribution < 1.29 is 0 Å². The van der Waals surface area contributed by atoms with Crippen LogP contribution in [0.1, 0.15) is 31.4 Å². The van der Waals surface area contributed by atoms with E-state index in [9.17, 15) is 0 Å². The van der Waals surface area contributed by atoms with E-state index in [-0.39, 0.29) is 0 Å². The van der Waals surface area contributed by atoms with Gasteiger partial charge in [-0.25, -0.2) is 9.97 Å². The fourth-order valence-corrected chi connectivity index (χ4v) is 3.95. The third-order valence-electron chi connectivity index (χ3n) is 5.17. The molecular weight excluding hydrogens is 272 g/mol. The third kappa shape index (κ3) is 2.56. The average Bonchev–Trinajstić information content (AvgIpc) is 3.09. The quantitative estimate of drug-likeness (QED) is 0.853. The van der Waals surface area contributed by atoms with E-state index in [0.29, 0.717) is 0 Å². The molecule has 4 heteroatoms. The molecule has 1 aromatic carbocycles. The summed E-state index contributed by atoms with van der Waals surface area (Å²) in [6, 6.07) is 8.99. The van der Waals surface area contributed by atoms with Crippen molar-refractivity contribution in [2.24, 2.45) is 0 Å². The summed E-state index contributed by atoms with van der Waals surface area (Å²) in [4.78, 5) is 14.7. The maximum absolute atomic E-state index is 4.87. The number of fused-ring (bicyclic) bond motifs is 1. The molecule has 2 aliphatic rings. The Kier molecular flexibility index (Phi) is 3.70. The minimum Gasteiger partial charge on any atom is -0.353 e. The van der Waals surface area contributed by atoms with Crippen LogP contribution in [0.15, 0.2) is 24.3 Å². The summed E-state index contributed by atoms with van der Waals surface area (Å²) in [5.74, 6) is 1.07. The van der Waals surface area contributed by atoms with Gasteiger partial charge in [-0.3, -0.25) is 4.90 Å². The topological polar surface area (TPSA) is 32.3 Å². The molecular formula is C18H24N4. The zero-order valence-electron chi connectivity index (χ0n) is 13.3. The van der Waals surface area contributed by atoms with Crippen molar-refractivity contribution >= 4 is 16.9 Å². The van der Waals surface area contributed by atoms with Gasteiger partial charge in [0.05, 0.1) is 16.7 Å². The molecule has 2 aromatic rings. The van der Waals surface area contributed by atoms with E-state index in [1.165, 1.54) is 38.8 Å². The van der Waals surface area contributed by atoms with Gasteiger partial charge in [0, 0.05) is 32.2 Å². The molecule has 4 nitrogen and oxygen atoms in total. The van der Waals surface area contributed by atoms with Gasteiger partial charge in [0.1, 0.15) is 0 Å². The fraction of sp³-hybridized carbons (Fsp3) is 0.556. The molecule has 0 amide bonds. The van der Waals surface area contributed by atoms with E-state index >= 15 is 0 Å². The Hall–Kier alpha value is -1.68. The van der Waals surface area contributed by atoms with Crippen molar-refractivity contribution in [3.05, 3.63) is 30.0 Å². The van der Waals surface area contributed by atoms with Gasteiger partial charge in [-0.2, -0.15) is 0 Å². The lowest BCUT2D eigenvalue weighted by molar-refractivity contribution is 0.187. The summed E-state index contributed by atoms with van der Waals surface area (Å²) in [6.07, 6.45) is 5.63. The summed E-state index contributed by atoms with van der Waals surface area (Å²) in [6.45, 7) is 6.56. The summed E-state index contributed by atoms with van der Waals surface area (Å²) in [5.41, 5.74) is 3.04. The predicted octanol–water partition coefficient (Wildman–Crippen LogP) is 3.00. The Morgan fingerprint density at radius 1 is 0.909 bits per heavy atom. The van der Waals surface area contributed by atoms with Gasteiger partial charge in [-0.15, -0.1) is 0 Å². The lowest BCUT2D eigenvalue weighted by atomic mass is 10.1. The van der Waals surface area contributed by atoms with Gasteiger partial charge < -0.3 is 4.90 Å². The van der Waals surface area contributed by atoms with Gasteiger partial charge in [0.2, 0.25) is 0 Å². The lowest BCUT2D eigenvalue weighted by Gasteiger charge is -2.38. The Balaban J connectivity index is 1.52. The highest BCUT2D eigenvalue weighted by Gasteiger charge is 2.27. The van der Waals surface area contributed by atoms with E-state index in [1.54, 1.807) is 0 Å². The first-order valence-corrected chi connectivity index (χ1v) is 8.53. The highest BCUT2D eigenvalue weighted by Crippen LogP contribution is 2.26. The molecule has 0 unspecified atom stereocenters. The van der Waals surface area contributed by atoms with Crippen molar-refractivity contribution in [3.63, 3.8) is 0 Å². The van der Waals surface area contributed by atoms with Crippen molar-refractivity contribution in [3.8, 4) is 0 Å². The van der Waals surface area contributed by atoms with Crippen LogP contribution in [0.2, 0.25) is 0 Å². The highest BCUT2D eigenvalue weighted by atomic mass is 15.3. The molecule has 0 radical (unpaired) electrons. The molecule has 1 saturated heterocycles. The number of hydrogen-bond acceptors (Lipinski definition) is 4. The number of hydrogen-bond donors (Lipinski definition) is 0. The number of piperazine rings is 1. The Bertz CT molecular complexity index is 655. The van der Waals surface area contributed by atoms with Crippen LogP contribution in [0.4, 0.5) is 5.82 Å². The molecule has 1 aliphatic carbocycles. The molecule has 0 spiro atoms. The second kappa shape index (κ2) is 5.84. The lowest BCUT2D eigenvalue weighted by Crippen LogP contribution is -2.50. The van der Waals surface area contributed by atoms with E-state index in [0.717, 1.165) is 41.7 Å². The normalized spacial score (nSPS) is 20.9. The van der Waals surface area contributed by atoms with Crippen molar-refractivity contribution in [1.82, 2.24) is 14.9 Å². The maximum atomic E-state index is 4.87. The molecule has 2 heterocycles. The number of nitrogens with zero attached hydrogens (tertiary/aromatic N) is 4. The van der Waals surface area contributed by atoms with E-state index in [2.05, 4.69) is 22.8 Å². The van der Waals surface area contributed by atoms with E-state index in [4.69, 9.17) is 9.97 Å². The summed E-state index contributed by atoms with van der Waals surface area (Å²) in [7, 11) is 0. The van der Waals surface area contributed by atoms with Gasteiger partial charge in [-0.05, 0) is 31.9 Å². The second-order valence-electron chi connectivity index (χ2n) is 6.58. The minimum atomic E-state index is 0.839. The average molecular weight is 296 g/mol. The summed E-state index contributed by atoms with van der Waals surface area (Å²) >= 11 is 0. The molecule has 2 fully saturated rings. The van der Waals surface area contributed by atoms with Crippen LogP contribution in [-0.2, 0) is 0 Å². The SMILES string of the molecule is Cc1nc2ccccc2nc1N1CCN(C2CCCC2)CC1. The summed E-state index contributed by atoms with van der Waals surface area (Å²) in [5, 5.41) is 0. The van der Waals surface area contributed by atoms with Crippen LogP contribution in [0.5, 0.6) is 0 Å². The maximum Gasteiger partial charge on any atom is 0.150 e. The zero-order chi connectivity index (χ0) is 14.9. The largest absolute Gasteiger partial charge is 0.353 e. The van der Waals surface area contributed by atoms with Gasteiger partial charge >= 0.3 is 0 Å². The molecule has 4 rings (SSSR count). The fourth-order valence-electron chi connectivity index (χ4n) is 3.95. The number of rotatable bonds is 2. The molecule has 0 bridgehead atoms. The molecule has 1 aromatic heterocycles. The molecule has 0 N–H and O–H groups in total. The van der Waals surface area contributed by atoms with Crippen molar-refractivity contribution in [1.29, 1.82) is 0 Å². The first-order valence-electron chi connectivity index (χ1n) is 8.53. The van der Waals surface area contributed by atoms with Gasteiger partial charge in [0.25, 0.3) is 0 Å². The third-order valence-corrected chi connectivity index (χ3v) is 5.17. The van der Waals surface area contributed by atoms with Crippen molar-refractivity contribution in [2.75, 3.05) is 31.1 Å². The predicted molar refractivity (Wildman–Crippen MR) is 90.3 cm³/mol. The number of anilines is 1. The first-order chi connectivity index (χ1) is 10.8. The van der Waals surface area contributed by atoms with Crippen molar-refractivity contribution in [2.45, 2.75) is 38.6 Å². The summed E-state index contributed by atoms with van der Waals surface area (Å²) < 4.78 is 0. The standard InChI is InChI=1S/C18H24N4/c1-14-18(20-17-9-5-4-8-16(17)19-14)22-12-10-21(11-13-22)15-6-2-3-7-15/h4-5,8-9,15H,2-3,6-7,10-13H2,1H3. The molecule has 1 saturated carbocycles. The molecule has 1 aliphatic heterocycles. The smallest absolute Gasteiger partial charge is 0.150 e. The van der Waals surface area contributed by atoms with Crippen LogP contribution in [-0.4, -0.2) is 47.1 Å². The van der Waals surface area contributed by atoms with E-state index < -0.39 is 0 Å². The number of benzene rings is 1. The zero-order valence-corrected chi connectivity index (χ0v) is 13.3. The highest BCUT2D eigenvalue weighted by molar-refractivity contribution is 5.76. The second-order valence-corrected chi connectivity index (χ2v) is 6.58. The van der Waals surface area contributed by atoms with Gasteiger partial charge in [0.15, 0.2) is 5.82 Å². The van der Waals surface area contributed by atoms with E-state index in [1.807, 2.05) is 18.2 Å². The van der Waals surface area contributed by atoms with Gasteiger partial charge in [-0.1, -0.05) is 25.0 Å². The van der Waals surface area contributed by atoms with Crippen LogP contribution in [0.3, 0.4) is 0 Å². The number of para-hydroxylation sites is 2. The Morgan fingerprint density at radius 2 is 1.55 bits per heavy atom. The van der Waals surface area contributed by atoms with Crippen LogP contribution >= 0.6 is 0 Å². The Morgan fingerprint density at radius 3 is 2.23 bits per heavy atom. The number of aryl methyl sites for hydroxylation is 1.